The van der Waals surface area contributed by atoms with Gasteiger partial charge in [-0.3, -0.25) is 4.68 Å². The molecule has 0 aromatic carbocycles. The molecule has 0 aliphatic heterocycles. The number of hydrogen-bond acceptors (Lipinski definition) is 4. The molecule has 116 valence electrons. The summed E-state index contributed by atoms with van der Waals surface area (Å²) in [7, 11) is 1.65. The first kappa shape index (κ1) is 17.1. The van der Waals surface area contributed by atoms with Crippen molar-refractivity contribution >= 4 is 0 Å². The minimum absolute atomic E-state index is 0.400. The normalized spacial score (nSPS) is 13.1. The van der Waals surface area contributed by atoms with Gasteiger partial charge in [0, 0.05) is 26.3 Å². The van der Waals surface area contributed by atoms with Crippen molar-refractivity contribution in [2.24, 2.45) is 0 Å². The standard InChI is InChI=1S/C15H28N2O3/c1-4-14(5-2)17-8-6-13(16-17)12-15(18)7-9-20-11-10-19-3/h6,8,14-15,18H,4-5,7,9-12H2,1-3H3. The van der Waals surface area contributed by atoms with Crippen molar-refractivity contribution in [3.8, 4) is 0 Å². The van der Waals surface area contributed by atoms with E-state index < -0.39 is 6.10 Å². The monoisotopic (exact) mass is 284 g/mol. The number of aliphatic hydroxyl groups is 1. The Bertz CT molecular complexity index is 351. The van der Waals surface area contributed by atoms with E-state index in [0.717, 1.165) is 18.5 Å². The Morgan fingerprint density at radius 1 is 1.25 bits per heavy atom. The lowest BCUT2D eigenvalue weighted by molar-refractivity contribution is 0.0477. The first-order valence-electron chi connectivity index (χ1n) is 7.50. The number of aromatic nitrogens is 2. The van der Waals surface area contributed by atoms with Gasteiger partial charge < -0.3 is 14.6 Å². The number of aliphatic hydroxyl groups excluding tert-OH is 1. The molecular formula is C15H28N2O3. The molecular weight excluding hydrogens is 256 g/mol. The molecule has 0 bridgehead atoms. The highest BCUT2D eigenvalue weighted by atomic mass is 16.5. The van der Waals surface area contributed by atoms with Gasteiger partial charge in [0.1, 0.15) is 0 Å². The van der Waals surface area contributed by atoms with E-state index >= 15 is 0 Å². The number of nitrogens with zero attached hydrogens (tertiary/aromatic N) is 2. The van der Waals surface area contributed by atoms with E-state index in [1.165, 1.54) is 0 Å². The van der Waals surface area contributed by atoms with Gasteiger partial charge in [-0.15, -0.1) is 0 Å². The van der Waals surface area contributed by atoms with Crippen LogP contribution < -0.4 is 0 Å². The predicted octanol–water partition coefficient (Wildman–Crippen LogP) is 2.20. The van der Waals surface area contributed by atoms with Gasteiger partial charge in [0.15, 0.2) is 0 Å². The predicted molar refractivity (Wildman–Crippen MR) is 78.9 cm³/mol. The van der Waals surface area contributed by atoms with Crippen LogP contribution in [-0.4, -0.2) is 47.9 Å². The number of ether oxygens (including phenoxy) is 2. The van der Waals surface area contributed by atoms with Crippen molar-refractivity contribution in [1.82, 2.24) is 9.78 Å². The van der Waals surface area contributed by atoms with Crippen LogP contribution in [0.15, 0.2) is 12.3 Å². The maximum absolute atomic E-state index is 9.96. The molecule has 1 rings (SSSR count). The molecule has 0 spiro atoms. The van der Waals surface area contributed by atoms with Crippen LogP contribution in [0.25, 0.3) is 0 Å². The summed E-state index contributed by atoms with van der Waals surface area (Å²) < 4.78 is 12.3. The van der Waals surface area contributed by atoms with Crippen LogP contribution in [0.3, 0.4) is 0 Å². The summed E-state index contributed by atoms with van der Waals surface area (Å²) in [4.78, 5) is 0. The molecule has 0 saturated carbocycles. The molecule has 1 N–H and O–H groups in total. The van der Waals surface area contributed by atoms with Crippen molar-refractivity contribution in [3.63, 3.8) is 0 Å². The Morgan fingerprint density at radius 2 is 2.00 bits per heavy atom. The Balaban J connectivity index is 2.29. The average Bonchev–Trinajstić information content (AvgIpc) is 2.88. The second kappa shape index (κ2) is 9.91. The van der Waals surface area contributed by atoms with Gasteiger partial charge in [0.25, 0.3) is 0 Å². The Labute approximate surface area is 121 Å². The molecule has 0 fully saturated rings. The average molecular weight is 284 g/mol. The molecule has 1 aromatic rings. The largest absolute Gasteiger partial charge is 0.393 e. The van der Waals surface area contributed by atoms with Gasteiger partial charge in [0.2, 0.25) is 0 Å². The fourth-order valence-corrected chi connectivity index (χ4v) is 2.16. The van der Waals surface area contributed by atoms with E-state index in [1.54, 1.807) is 7.11 Å². The van der Waals surface area contributed by atoms with E-state index in [2.05, 4.69) is 18.9 Å². The molecule has 20 heavy (non-hydrogen) atoms. The quantitative estimate of drug-likeness (QED) is 0.633. The summed E-state index contributed by atoms with van der Waals surface area (Å²) in [5, 5.41) is 14.5. The van der Waals surface area contributed by atoms with E-state index in [0.29, 0.717) is 38.7 Å². The number of hydrogen-bond donors (Lipinski definition) is 1. The summed E-state index contributed by atoms with van der Waals surface area (Å²) >= 11 is 0. The third kappa shape index (κ3) is 6.03. The van der Waals surface area contributed by atoms with Gasteiger partial charge >= 0.3 is 0 Å². The molecule has 5 nitrogen and oxygen atoms in total. The number of rotatable bonds is 11. The van der Waals surface area contributed by atoms with Crippen LogP contribution in [0.1, 0.15) is 44.8 Å². The lowest BCUT2D eigenvalue weighted by Gasteiger charge is -2.13. The van der Waals surface area contributed by atoms with Crippen LogP contribution in [0, 0.1) is 0 Å². The molecule has 5 heteroatoms. The van der Waals surface area contributed by atoms with E-state index in [9.17, 15) is 5.11 Å². The van der Waals surface area contributed by atoms with Crippen molar-refractivity contribution in [2.75, 3.05) is 26.9 Å². The zero-order valence-corrected chi connectivity index (χ0v) is 12.9. The summed E-state index contributed by atoms with van der Waals surface area (Å²) in [6.45, 7) is 6.06. The zero-order chi connectivity index (χ0) is 14.8. The smallest absolute Gasteiger partial charge is 0.0700 e. The highest BCUT2D eigenvalue weighted by Gasteiger charge is 2.11. The van der Waals surface area contributed by atoms with Gasteiger partial charge in [-0.25, -0.2) is 0 Å². The van der Waals surface area contributed by atoms with Gasteiger partial charge in [0.05, 0.1) is 31.1 Å². The van der Waals surface area contributed by atoms with E-state index in [4.69, 9.17) is 9.47 Å². The molecule has 0 amide bonds. The van der Waals surface area contributed by atoms with Gasteiger partial charge in [-0.2, -0.15) is 5.10 Å². The zero-order valence-electron chi connectivity index (χ0n) is 12.9. The van der Waals surface area contributed by atoms with Gasteiger partial charge in [-0.05, 0) is 25.3 Å². The maximum Gasteiger partial charge on any atom is 0.0700 e. The Hall–Kier alpha value is -0.910. The summed E-state index contributed by atoms with van der Waals surface area (Å²) in [5.41, 5.74) is 0.946. The van der Waals surface area contributed by atoms with Gasteiger partial charge in [-0.1, -0.05) is 13.8 Å². The maximum atomic E-state index is 9.96. The highest BCUT2D eigenvalue weighted by molar-refractivity contribution is 5.01. The Morgan fingerprint density at radius 3 is 2.65 bits per heavy atom. The van der Waals surface area contributed by atoms with Crippen LogP contribution >= 0.6 is 0 Å². The molecule has 1 aromatic heterocycles. The first-order chi connectivity index (χ1) is 9.71. The molecule has 1 heterocycles. The SMILES string of the molecule is CCC(CC)n1ccc(CC(O)CCOCCOC)n1. The summed E-state index contributed by atoms with van der Waals surface area (Å²) in [6.07, 6.45) is 4.97. The molecule has 0 aliphatic carbocycles. The van der Waals surface area contributed by atoms with Crippen LogP contribution in [0.4, 0.5) is 0 Å². The molecule has 0 aliphatic rings. The minimum atomic E-state index is -0.400. The highest BCUT2D eigenvalue weighted by Crippen LogP contribution is 2.15. The van der Waals surface area contributed by atoms with Crippen LogP contribution in [0.2, 0.25) is 0 Å². The fourth-order valence-electron chi connectivity index (χ4n) is 2.16. The third-order valence-electron chi connectivity index (χ3n) is 3.45. The van der Waals surface area contributed by atoms with Crippen molar-refractivity contribution in [3.05, 3.63) is 18.0 Å². The third-order valence-corrected chi connectivity index (χ3v) is 3.45. The topological polar surface area (TPSA) is 56.5 Å². The van der Waals surface area contributed by atoms with Crippen LogP contribution in [0.5, 0.6) is 0 Å². The van der Waals surface area contributed by atoms with Crippen molar-refractivity contribution in [2.45, 2.75) is 51.7 Å². The Kier molecular flexibility index (Phi) is 8.49. The van der Waals surface area contributed by atoms with E-state index in [1.807, 2.05) is 16.9 Å². The summed E-state index contributed by atoms with van der Waals surface area (Å²) in [5.74, 6) is 0. The van der Waals surface area contributed by atoms with E-state index in [-0.39, 0.29) is 0 Å². The lowest BCUT2D eigenvalue weighted by atomic mass is 10.1. The minimum Gasteiger partial charge on any atom is -0.393 e. The molecule has 1 unspecified atom stereocenters. The molecule has 1 atom stereocenters. The molecule has 0 saturated heterocycles. The molecule has 0 radical (unpaired) electrons. The fraction of sp³-hybridized carbons (Fsp3) is 0.800. The van der Waals surface area contributed by atoms with Crippen molar-refractivity contribution in [1.29, 1.82) is 0 Å². The van der Waals surface area contributed by atoms with Crippen molar-refractivity contribution < 1.29 is 14.6 Å². The lowest BCUT2D eigenvalue weighted by Crippen LogP contribution is -2.16. The second-order valence-electron chi connectivity index (χ2n) is 5.01. The number of methoxy groups -OCH3 is 1. The first-order valence-corrected chi connectivity index (χ1v) is 7.50. The van der Waals surface area contributed by atoms with Crippen LogP contribution in [-0.2, 0) is 15.9 Å². The second-order valence-corrected chi connectivity index (χ2v) is 5.01. The summed E-state index contributed by atoms with van der Waals surface area (Å²) in [6, 6.07) is 2.45.